The van der Waals surface area contributed by atoms with Gasteiger partial charge in [0.1, 0.15) is 4.32 Å². The van der Waals surface area contributed by atoms with Gasteiger partial charge in [-0.25, -0.2) is 0 Å². The number of nitrogens with zero attached hydrogens (tertiary/aromatic N) is 2. The van der Waals surface area contributed by atoms with E-state index in [0.29, 0.717) is 28.5 Å². The van der Waals surface area contributed by atoms with Gasteiger partial charge in [-0.05, 0) is 108 Å². The summed E-state index contributed by atoms with van der Waals surface area (Å²) in [5, 5.41) is 0.614. The molecule has 3 aromatic rings. The molecule has 4 atom stereocenters. The van der Waals surface area contributed by atoms with Gasteiger partial charge in [0.2, 0.25) is 0 Å². The van der Waals surface area contributed by atoms with Crippen molar-refractivity contribution in [2.24, 2.45) is 11.8 Å². The van der Waals surface area contributed by atoms with Crippen LogP contribution in [0.15, 0.2) is 48.5 Å². The molecule has 0 bridgehead atoms. The summed E-state index contributed by atoms with van der Waals surface area (Å²) in [5.41, 5.74) is 5.86. The Balaban J connectivity index is 1.30. The summed E-state index contributed by atoms with van der Waals surface area (Å²) in [7, 11) is 6.79. The van der Waals surface area contributed by atoms with Gasteiger partial charge in [-0.2, -0.15) is 0 Å². The number of rotatable bonds is 10. The van der Waals surface area contributed by atoms with Gasteiger partial charge in [0.25, 0.3) is 0 Å². The van der Waals surface area contributed by atoms with Crippen LogP contribution in [0.4, 0.5) is 0 Å². The number of benzene rings is 3. The van der Waals surface area contributed by atoms with Crippen molar-refractivity contribution in [3.63, 3.8) is 0 Å². The quantitative estimate of drug-likeness (QED) is 0.153. The predicted molar refractivity (Wildman–Crippen MR) is 198 cm³/mol. The largest absolute Gasteiger partial charge is 0.493 e. The fourth-order valence-electron chi connectivity index (χ4n) is 7.97. The van der Waals surface area contributed by atoms with E-state index in [1.54, 1.807) is 52.7 Å². The Labute approximate surface area is 299 Å². The summed E-state index contributed by atoms with van der Waals surface area (Å²) in [5.74, 6) is 4.40. The standard InChI is InChI=1S/C38H45ClN2O5S2/c1-6-23-21-40-13-11-25-17-34(43-2)36(45-4)19-29(25)31(40)15-27(23)16-32-30-20-37(46-5)35(44-3)18-26(30)12-14-41(32)38(47)48-22-33(42)24-7-9-28(39)10-8-24/h7-10,17-20,23,27,31-32H,6,11-16,21-22H2,1-5H3/t23-,27+,31-,32+/m0/s1. The zero-order valence-corrected chi connectivity index (χ0v) is 30.8. The lowest BCUT2D eigenvalue weighted by Gasteiger charge is -2.49. The molecule has 7 nitrogen and oxygen atoms in total. The normalized spacial score (nSPS) is 21.8. The molecule has 0 aromatic heterocycles. The minimum absolute atomic E-state index is 0.0424. The van der Waals surface area contributed by atoms with Gasteiger partial charge in [-0.15, -0.1) is 0 Å². The first kappa shape index (κ1) is 34.9. The summed E-state index contributed by atoms with van der Waals surface area (Å²) in [6, 6.07) is 16.1. The van der Waals surface area contributed by atoms with Gasteiger partial charge in [-0.1, -0.05) is 48.9 Å². The van der Waals surface area contributed by atoms with Crippen LogP contribution in [-0.2, 0) is 12.8 Å². The van der Waals surface area contributed by atoms with Gasteiger partial charge < -0.3 is 23.8 Å². The molecule has 0 radical (unpaired) electrons. The maximum atomic E-state index is 13.1. The summed E-state index contributed by atoms with van der Waals surface area (Å²) < 4.78 is 23.7. The third-order valence-electron chi connectivity index (χ3n) is 10.6. The molecular formula is C38H45ClN2O5S2. The first-order valence-corrected chi connectivity index (χ1v) is 18.5. The lowest BCUT2D eigenvalue weighted by Crippen LogP contribution is -2.47. The zero-order valence-electron chi connectivity index (χ0n) is 28.4. The monoisotopic (exact) mass is 708 g/mol. The van der Waals surface area contributed by atoms with E-state index in [0.717, 1.165) is 79.1 Å². The fourth-order valence-corrected chi connectivity index (χ4v) is 9.30. The minimum atomic E-state index is 0.0424. The number of carbonyl (C=O) groups excluding carboxylic acids is 1. The summed E-state index contributed by atoms with van der Waals surface area (Å²) in [4.78, 5) is 18.2. The van der Waals surface area contributed by atoms with E-state index in [2.05, 4.69) is 41.0 Å². The van der Waals surface area contributed by atoms with Crippen LogP contribution in [0.25, 0.3) is 0 Å². The SMILES string of the molecule is CC[C@H]1CN2CCc3cc(OC)c(OC)cc3[C@@H]2C[C@@H]1C[C@@H]1c2cc(OC)c(OC)cc2CCN1C(=S)SCC(=O)c1ccc(Cl)cc1. The van der Waals surface area contributed by atoms with E-state index in [1.165, 1.54) is 34.0 Å². The Morgan fingerprint density at radius 3 is 2.06 bits per heavy atom. The Morgan fingerprint density at radius 1 is 0.854 bits per heavy atom. The minimum Gasteiger partial charge on any atom is -0.493 e. The third kappa shape index (κ3) is 7.02. The molecule has 0 amide bonds. The van der Waals surface area contributed by atoms with Crippen molar-refractivity contribution in [1.29, 1.82) is 0 Å². The Morgan fingerprint density at radius 2 is 1.44 bits per heavy atom. The molecule has 256 valence electrons. The lowest BCUT2D eigenvalue weighted by atomic mass is 9.72. The van der Waals surface area contributed by atoms with E-state index >= 15 is 0 Å². The summed E-state index contributed by atoms with van der Waals surface area (Å²) in [6.45, 7) is 5.23. The number of fused-ring (bicyclic) bond motifs is 4. The van der Waals surface area contributed by atoms with E-state index in [-0.39, 0.29) is 17.6 Å². The molecule has 0 N–H and O–H groups in total. The van der Waals surface area contributed by atoms with Crippen LogP contribution < -0.4 is 18.9 Å². The van der Waals surface area contributed by atoms with Crippen LogP contribution in [0.2, 0.25) is 5.02 Å². The van der Waals surface area contributed by atoms with Gasteiger partial charge >= 0.3 is 0 Å². The average Bonchev–Trinajstić information content (AvgIpc) is 3.12. The number of hydrogen-bond donors (Lipinski definition) is 0. The van der Waals surface area contributed by atoms with Gasteiger partial charge in [0, 0.05) is 36.3 Å². The van der Waals surface area contributed by atoms with Crippen LogP contribution in [0.3, 0.4) is 0 Å². The van der Waals surface area contributed by atoms with E-state index < -0.39 is 0 Å². The highest BCUT2D eigenvalue weighted by Gasteiger charge is 2.42. The van der Waals surface area contributed by atoms with Crippen molar-refractivity contribution in [2.75, 3.05) is 53.8 Å². The summed E-state index contributed by atoms with van der Waals surface area (Å²) in [6.07, 6.45) is 4.99. The number of thioether (sulfide) groups is 1. The second-order valence-corrected chi connectivity index (χ2v) is 15.0. The molecule has 48 heavy (non-hydrogen) atoms. The van der Waals surface area contributed by atoms with Crippen molar-refractivity contribution < 1.29 is 23.7 Å². The molecular weight excluding hydrogens is 664 g/mol. The molecule has 0 unspecified atom stereocenters. The lowest BCUT2D eigenvalue weighted by molar-refractivity contribution is 0.0381. The molecule has 1 fully saturated rings. The molecule has 3 aliphatic heterocycles. The number of halogens is 1. The van der Waals surface area contributed by atoms with Crippen molar-refractivity contribution in [3.05, 3.63) is 81.4 Å². The van der Waals surface area contributed by atoms with Gasteiger partial charge in [0.15, 0.2) is 28.8 Å². The number of ether oxygens (including phenoxy) is 4. The zero-order chi connectivity index (χ0) is 33.9. The van der Waals surface area contributed by atoms with Crippen LogP contribution in [0, 0.1) is 11.8 Å². The molecule has 10 heteroatoms. The first-order valence-electron chi connectivity index (χ1n) is 16.7. The Bertz CT molecular complexity index is 1650. The first-order chi connectivity index (χ1) is 23.3. The summed E-state index contributed by atoms with van der Waals surface area (Å²) >= 11 is 13.6. The average molecular weight is 709 g/mol. The van der Waals surface area contributed by atoms with E-state index in [4.69, 9.17) is 42.8 Å². The van der Waals surface area contributed by atoms with Crippen LogP contribution in [0.5, 0.6) is 23.0 Å². The second-order valence-electron chi connectivity index (χ2n) is 12.9. The van der Waals surface area contributed by atoms with Crippen LogP contribution in [-0.4, -0.2) is 73.7 Å². The maximum absolute atomic E-state index is 13.1. The van der Waals surface area contributed by atoms with Crippen molar-refractivity contribution in [3.8, 4) is 23.0 Å². The number of Topliss-reactive ketones (excluding diaryl/α,β-unsaturated/α-hetero) is 1. The maximum Gasteiger partial charge on any atom is 0.173 e. The highest BCUT2D eigenvalue weighted by atomic mass is 35.5. The van der Waals surface area contributed by atoms with Crippen molar-refractivity contribution in [1.82, 2.24) is 9.80 Å². The van der Waals surface area contributed by atoms with E-state index in [9.17, 15) is 4.79 Å². The highest BCUT2D eigenvalue weighted by molar-refractivity contribution is 8.23. The number of piperidine rings is 1. The number of thiocarbonyl (C=S) groups is 1. The topological polar surface area (TPSA) is 60.5 Å². The molecule has 3 heterocycles. The fraction of sp³-hybridized carbons (Fsp3) is 0.474. The number of methoxy groups -OCH3 is 4. The van der Waals surface area contributed by atoms with Gasteiger partial charge in [0.05, 0.1) is 40.2 Å². The van der Waals surface area contributed by atoms with Gasteiger partial charge in [-0.3, -0.25) is 9.69 Å². The number of ketones is 1. The molecule has 1 saturated heterocycles. The van der Waals surface area contributed by atoms with E-state index in [1.807, 2.05) is 0 Å². The predicted octanol–water partition coefficient (Wildman–Crippen LogP) is 8.21. The van der Waals surface area contributed by atoms with Crippen LogP contribution in [0.1, 0.15) is 70.9 Å². The second kappa shape index (κ2) is 15.3. The third-order valence-corrected chi connectivity index (χ3v) is 12.3. The number of hydrogen-bond acceptors (Lipinski definition) is 8. The smallest absolute Gasteiger partial charge is 0.173 e. The molecule has 3 aliphatic rings. The van der Waals surface area contributed by atoms with Crippen LogP contribution >= 0.6 is 35.6 Å². The highest BCUT2D eigenvalue weighted by Crippen LogP contribution is 2.49. The van der Waals surface area contributed by atoms with Crippen molar-refractivity contribution >= 4 is 45.7 Å². The molecule has 0 aliphatic carbocycles. The molecule has 0 saturated carbocycles. The molecule has 3 aromatic carbocycles. The van der Waals surface area contributed by atoms with Crippen molar-refractivity contribution in [2.45, 2.75) is 51.1 Å². The number of carbonyl (C=O) groups is 1. The molecule has 6 rings (SSSR count). The molecule has 0 spiro atoms. The Hall–Kier alpha value is -2.98. The Kier molecular flexibility index (Phi) is 11.1.